The van der Waals surface area contributed by atoms with Crippen molar-refractivity contribution < 1.29 is 4.79 Å². The molecule has 0 radical (unpaired) electrons. The van der Waals surface area contributed by atoms with E-state index in [2.05, 4.69) is 17.1 Å². The van der Waals surface area contributed by atoms with Crippen LogP contribution in [-0.4, -0.2) is 62.5 Å². The molecule has 15 heavy (non-hydrogen) atoms. The van der Waals surface area contributed by atoms with Crippen LogP contribution in [0.3, 0.4) is 0 Å². The van der Waals surface area contributed by atoms with Gasteiger partial charge in [0.1, 0.15) is 0 Å². The molecule has 0 bridgehead atoms. The standard InChI is InChI=1S/C11H23N3O/c1-10-8-12-5-4-11(15)14(9-10)7-6-13(2)3/h10,12H,4-9H2,1-3H3. The van der Waals surface area contributed by atoms with Crippen LogP contribution >= 0.6 is 0 Å². The van der Waals surface area contributed by atoms with E-state index < -0.39 is 0 Å². The Hall–Kier alpha value is -0.610. The molecule has 4 heteroatoms. The van der Waals surface area contributed by atoms with E-state index in [1.807, 2.05) is 19.0 Å². The van der Waals surface area contributed by atoms with Gasteiger partial charge in [0.25, 0.3) is 0 Å². The van der Waals surface area contributed by atoms with Crippen LogP contribution in [0.5, 0.6) is 0 Å². The summed E-state index contributed by atoms with van der Waals surface area (Å²) in [6.07, 6.45) is 0.639. The highest BCUT2D eigenvalue weighted by molar-refractivity contribution is 5.76. The third kappa shape index (κ3) is 4.62. The van der Waals surface area contributed by atoms with Crippen LogP contribution in [0.1, 0.15) is 13.3 Å². The first kappa shape index (κ1) is 12.5. The van der Waals surface area contributed by atoms with E-state index in [0.29, 0.717) is 12.3 Å². The lowest BCUT2D eigenvalue weighted by molar-refractivity contribution is -0.132. The third-order valence-electron chi connectivity index (χ3n) is 2.71. The number of rotatable bonds is 3. The summed E-state index contributed by atoms with van der Waals surface area (Å²) in [5, 5.41) is 3.29. The van der Waals surface area contributed by atoms with Crippen molar-refractivity contribution in [1.82, 2.24) is 15.1 Å². The maximum Gasteiger partial charge on any atom is 0.223 e. The highest BCUT2D eigenvalue weighted by Crippen LogP contribution is 2.04. The van der Waals surface area contributed by atoms with Crippen LogP contribution in [-0.2, 0) is 4.79 Å². The predicted molar refractivity (Wildman–Crippen MR) is 61.8 cm³/mol. The number of carbonyl (C=O) groups excluding carboxylic acids is 1. The van der Waals surface area contributed by atoms with E-state index in [0.717, 1.165) is 32.7 Å². The van der Waals surface area contributed by atoms with Crippen LogP contribution in [0.2, 0.25) is 0 Å². The zero-order valence-corrected chi connectivity index (χ0v) is 10.1. The van der Waals surface area contributed by atoms with Crippen LogP contribution in [0.25, 0.3) is 0 Å². The SMILES string of the molecule is CC1CNCCC(=O)N(CCN(C)C)C1. The van der Waals surface area contributed by atoms with Crippen LogP contribution in [0, 0.1) is 5.92 Å². The zero-order chi connectivity index (χ0) is 11.3. The molecule has 1 unspecified atom stereocenters. The second-order valence-electron chi connectivity index (χ2n) is 4.70. The molecule has 1 atom stereocenters. The zero-order valence-electron chi connectivity index (χ0n) is 10.1. The van der Waals surface area contributed by atoms with E-state index in [1.54, 1.807) is 0 Å². The first-order valence-corrected chi connectivity index (χ1v) is 5.73. The van der Waals surface area contributed by atoms with Crippen LogP contribution < -0.4 is 5.32 Å². The summed E-state index contributed by atoms with van der Waals surface area (Å²) in [4.78, 5) is 15.9. The first-order chi connectivity index (χ1) is 7.09. The Labute approximate surface area is 92.6 Å². The van der Waals surface area contributed by atoms with Crippen molar-refractivity contribution in [2.45, 2.75) is 13.3 Å². The second kappa shape index (κ2) is 6.08. The maximum atomic E-state index is 11.8. The fourth-order valence-electron chi connectivity index (χ4n) is 1.78. The number of likely N-dealkylation sites (N-methyl/N-ethyl adjacent to an activating group) is 1. The smallest absolute Gasteiger partial charge is 0.223 e. The second-order valence-corrected chi connectivity index (χ2v) is 4.70. The molecule has 1 heterocycles. The Morgan fingerprint density at radius 3 is 2.93 bits per heavy atom. The number of hydrogen-bond donors (Lipinski definition) is 1. The van der Waals surface area contributed by atoms with Gasteiger partial charge in [0, 0.05) is 32.6 Å². The molecule has 1 aliphatic rings. The van der Waals surface area contributed by atoms with E-state index in [-0.39, 0.29) is 5.91 Å². The summed E-state index contributed by atoms with van der Waals surface area (Å²) >= 11 is 0. The average molecular weight is 213 g/mol. The van der Waals surface area contributed by atoms with Crippen molar-refractivity contribution in [1.29, 1.82) is 0 Å². The monoisotopic (exact) mass is 213 g/mol. The van der Waals surface area contributed by atoms with Gasteiger partial charge in [-0.1, -0.05) is 6.92 Å². The van der Waals surface area contributed by atoms with E-state index >= 15 is 0 Å². The molecule has 4 nitrogen and oxygen atoms in total. The van der Waals surface area contributed by atoms with Gasteiger partial charge in [-0.15, -0.1) is 0 Å². The lowest BCUT2D eigenvalue weighted by Gasteiger charge is -2.29. The van der Waals surface area contributed by atoms with Gasteiger partial charge >= 0.3 is 0 Å². The molecular weight excluding hydrogens is 190 g/mol. The quantitative estimate of drug-likeness (QED) is 0.717. The molecule has 1 aliphatic heterocycles. The van der Waals surface area contributed by atoms with Gasteiger partial charge in [-0.25, -0.2) is 0 Å². The Morgan fingerprint density at radius 1 is 1.53 bits per heavy atom. The molecule has 1 saturated heterocycles. The average Bonchev–Trinajstić information content (AvgIpc) is 2.16. The van der Waals surface area contributed by atoms with Crippen molar-refractivity contribution in [2.24, 2.45) is 5.92 Å². The molecule has 0 aromatic heterocycles. The molecule has 0 aromatic carbocycles. The molecule has 0 spiro atoms. The minimum atomic E-state index is 0.288. The molecule has 1 N–H and O–H groups in total. The molecule has 88 valence electrons. The Kier molecular flexibility index (Phi) is 5.05. The summed E-state index contributed by atoms with van der Waals surface area (Å²) in [6, 6.07) is 0. The molecule has 0 aliphatic carbocycles. The molecule has 0 aromatic rings. The van der Waals surface area contributed by atoms with Gasteiger partial charge in [-0.3, -0.25) is 4.79 Å². The lowest BCUT2D eigenvalue weighted by atomic mass is 10.1. The van der Waals surface area contributed by atoms with Gasteiger partial charge in [-0.05, 0) is 26.6 Å². The Balaban J connectivity index is 2.44. The normalized spacial score (nSPS) is 24.1. The summed E-state index contributed by atoms with van der Waals surface area (Å²) in [5.41, 5.74) is 0. The summed E-state index contributed by atoms with van der Waals surface area (Å²) in [5.74, 6) is 0.840. The van der Waals surface area contributed by atoms with Crippen molar-refractivity contribution in [2.75, 3.05) is 46.8 Å². The fraction of sp³-hybridized carbons (Fsp3) is 0.909. The first-order valence-electron chi connectivity index (χ1n) is 5.73. The van der Waals surface area contributed by atoms with Crippen LogP contribution in [0.15, 0.2) is 0 Å². The molecule has 1 fully saturated rings. The minimum Gasteiger partial charge on any atom is -0.341 e. The van der Waals surface area contributed by atoms with E-state index in [9.17, 15) is 4.79 Å². The van der Waals surface area contributed by atoms with Crippen molar-refractivity contribution in [3.8, 4) is 0 Å². The highest BCUT2D eigenvalue weighted by atomic mass is 16.2. The fourth-order valence-corrected chi connectivity index (χ4v) is 1.78. The largest absolute Gasteiger partial charge is 0.341 e. The number of amides is 1. The Bertz CT molecular complexity index is 206. The molecular formula is C11H23N3O. The molecule has 1 rings (SSSR count). The van der Waals surface area contributed by atoms with Crippen molar-refractivity contribution >= 4 is 5.91 Å². The van der Waals surface area contributed by atoms with Gasteiger partial charge in [0.05, 0.1) is 0 Å². The summed E-state index contributed by atoms with van der Waals surface area (Å²) < 4.78 is 0. The number of nitrogens with zero attached hydrogens (tertiary/aromatic N) is 2. The Morgan fingerprint density at radius 2 is 2.27 bits per heavy atom. The number of nitrogens with one attached hydrogen (secondary N) is 1. The van der Waals surface area contributed by atoms with E-state index in [1.165, 1.54) is 0 Å². The number of carbonyl (C=O) groups is 1. The number of hydrogen-bond acceptors (Lipinski definition) is 3. The van der Waals surface area contributed by atoms with Crippen LogP contribution in [0.4, 0.5) is 0 Å². The summed E-state index contributed by atoms with van der Waals surface area (Å²) in [7, 11) is 4.08. The third-order valence-corrected chi connectivity index (χ3v) is 2.71. The summed E-state index contributed by atoms with van der Waals surface area (Å²) in [6.45, 7) is 6.73. The highest BCUT2D eigenvalue weighted by Gasteiger charge is 2.18. The maximum absolute atomic E-state index is 11.8. The van der Waals surface area contributed by atoms with Crippen molar-refractivity contribution in [3.05, 3.63) is 0 Å². The minimum absolute atomic E-state index is 0.288. The molecule has 0 saturated carbocycles. The van der Waals surface area contributed by atoms with E-state index in [4.69, 9.17) is 0 Å². The lowest BCUT2D eigenvalue weighted by Crippen LogP contribution is -2.44. The van der Waals surface area contributed by atoms with Gasteiger partial charge in [0.15, 0.2) is 0 Å². The van der Waals surface area contributed by atoms with Gasteiger partial charge in [0.2, 0.25) is 5.91 Å². The predicted octanol–water partition coefficient (Wildman–Crippen LogP) is 0.00600. The molecule has 1 amide bonds. The van der Waals surface area contributed by atoms with Gasteiger partial charge in [-0.2, -0.15) is 0 Å². The topological polar surface area (TPSA) is 35.6 Å². The van der Waals surface area contributed by atoms with Crippen molar-refractivity contribution in [3.63, 3.8) is 0 Å². The van der Waals surface area contributed by atoms with Gasteiger partial charge < -0.3 is 15.1 Å².